The van der Waals surface area contributed by atoms with E-state index in [0.717, 1.165) is 11.3 Å². The second-order valence-corrected chi connectivity index (χ2v) is 7.24. The monoisotopic (exact) mass is 424 g/mol. The number of carbonyl (C=O) groups is 2. The van der Waals surface area contributed by atoms with Crippen LogP contribution in [0.2, 0.25) is 0 Å². The van der Waals surface area contributed by atoms with Crippen LogP contribution in [-0.4, -0.2) is 26.6 Å². The van der Waals surface area contributed by atoms with Crippen LogP contribution in [0.4, 0.5) is 5.69 Å². The predicted molar refractivity (Wildman–Crippen MR) is 120 cm³/mol. The number of nitrogens with one attached hydrogen (secondary N) is 1. The molecular weight excluding hydrogens is 404 g/mol. The van der Waals surface area contributed by atoms with Crippen molar-refractivity contribution in [1.29, 1.82) is 5.26 Å². The quantitative estimate of drug-likeness (QED) is 0.491. The minimum absolute atomic E-state index is 0.0967. The maximum absolute atomic E-state index is 12.9. The Hall–Kier alpha value is -4.51. The van der Waals surface area contributed by atoms with E-state index in [-0.39, 0.29) is 11.3 Å². The molecule has 0 saturated carbocycles. The van der Waals surface area contributed by atoms with Crippen LogP contribution in [-0.2, 0) is 13.0 Å². The second kappa shape index (κ2) is 8.70. The molecule has 0 aliphatic rings. The van der Waals surface area contributed by atoms with E-state index >= 15 is 0 Å². The molecule has 0 bridgehead atoms. The number of aryl methyl sites for hydroxylation is 1. The summed E-state index contributed by atoms with van der Waals surface area (Å²) in [6, 6.07) is 17.8. The fourth-order valence-corrected chi connectivity index (χ4v) is 3.46. The lowest BCUT2D eigenvalue weighted by atomic mass is 10.1. The molecule has 2 aromatic carbocycles. The maximum atomic E-state index is 12.9. The number of fused-ring (bicyclic) bond motifs is 1. The summed E-state index contributed by atoms with van der Waals surface area (Å²) >= 11 is 0. The third-order valence-electron chi connectivity index (χ3n) is 5.06. The molecule has 0 atom stereocenters. The van der Waals surface area contributed by atoms with Gasteiger partial charge < -0.3 is 11.1 Å². The lowest BCUT2D eigenvalue weighted by Crippen LogP contribution is -2.18. The van der Waals surface area contributed by atoms with Crippen molar-refractivity contribution in [3.8, 4) is 6.07 Å². The number of hydrogen-bond donors (Lipinski definition) is 2. The summed E-state index contributed by atoms with van der Waals surface area (Å²) in [6.45, 7) is 2.44. The van der Waals surface area contributed by atoms with Crippen LogP contribution >= 0.6 is 0 Å². The van der Waals surface area contributed by atoms with Gasteiger partial charge in [-0.2, -0.15) is 10.4 Å². The first-order valence-corrected chi connectivity index (χ1v) is 10.0. The molecule has 8 nitrogen and oxygen atoms in total. The summed E-state index contributed by atoms with van der Waals surface area (Å²) in [4.78, 5) is 29.2. The summed E-state index contributed by atoms with van der Waals surface area (Å²) < 4.78 is 1.73. The average molecular weight is 424 g/mol. The molecule has 2 heterocycles. The van der Waals surface area contributed by atoms with Gasteiger partial charge in [0.15, 0.2) is 0 Å². The van der Waals surface area contributed by atoms with Gasteiger partial charge >= 0.3 is 0 Å². The number of pyridine rings is 1. The van der Waals surface area contributed by atoms with E-state index in [0.29, 0.717) is 35.1 Å². The minimum Gasteiger partial charge on any atom is -0.366 e. The first-order valence-electron chi connectivity index (χ1n) is 10.0. The highest BCUT2D eigenvalue weighted by atomic mass is 16.2. The summed E-state index contributed by atoms with van der Waals surface area (Å²) in [5.74, 6) is -1.08. The lowest BCUT2D eigenvalue weighted by Gasteiger charge is -2.08. The van der Waals surface area contributed by atoms with Gasteiger partial charge in [-0.3, -0.25) is 14.3 Å². The summed E-state index contributed by atoms with van der Waals surface area (Å²) in [7, 11) is 0. The number of carbonyl (C=O) groups excluding carboxylic acids is 2. The highest BCUT2D eigenvalue weighted by Crippen LogP contribution is 2.21. The van der Waals surface area contributed by atoms with Crippen molar-refractivity contribution < 1.29 is 9.59 Å². The second-order valence-electron chi connectivity index (χ2n) is 7.24. The number of para-hydroxylation sites is 1. The van der Waals surface area contributed by atoms with Gasteiger partial charge in [0.2, 0.25) is 5.91 Å². The molecule has 32 heavy (non-hydrogen) atoms. The molecule has 158 valence electrons. The number of rotatable bonds is 6. The van der Waals surface area contributed by atoms with Crippen LogP contribution in [0.5, 0.6) is 0 Å². The van der Waals surface area contributed by atoms with Crippen LogP contribution in [0, 0.1) is 11.3 Å². The number of hydrogen-bond acceptors (Lipinski definition) is 5. The van der Waals surface area contributed by atoms with Gasteiger partial charge in [0.1, 0.15) is 5.69 Å². The Morgan fingerprint density at radius 1 is 1.16 bits per heavy atom. The standard InChI is InChI=1S/C24H20N6O2/c1-2-19-22(14-30(29-19)13-16-9-7-15(12-25)8-10-16)28-24(32)21-11-18(23(26)31)17-5-3-4-6-20(17)27-21/h3-11,14H,2,13H2,1H3,(H2,26,31)(H,28,32). The minimum atomic E-state index is -0.623. The van der Waals surface area contributed by atoms with Gasteiger partial charge in [0.05, 0.1) is 40.6 Å². The zero-order valence-corrected chi connectivity index (χ0v) is 17.4. The Morgan fingerprint density at radius 2 is 1.91 bits per heavy atom. The van der Waals surface area contributed by atoms with E-state index in [9.17, 15) is 9.59 Å². The van der Waals surface area contributed by atoms with Crippen molar-refractivity contribution in [2.75, 3.05) is 5.32 Å². The van der Waals surface area contributed by atoms with Gasteiger partial charge in [0.25, 0.3) is 5.91 Å². The zero-order chi connectivity index (χ0) is 22.7. The van der Waals surface area contributed by atoms with Gasteiger partial charge in [-0.05, 0) is 36.2 Å². The molecule has 0 saturated heterocycles. The topological polar surface area (TPSA) is 127 Å². The Bertz CT molecular complexity index is 1370. The van der Waals surface area contributed by atoms with Crippen molar-refractivity contribution in [3.05, 3.63) is 88.9 Å². The van der Waals surface area contributed by atoms with Crippen molar-refractivity contribution in [1.82, 2.24) is 14.8 Å². The third-order valence-corrected chi connectivity index (χ3v) is 5.06. The van der Waals surface area contributed by atoms with Gasteiger partial charge in [-0.1, -0.05) is 37.3 Å². The van der Waals surface area contributed by atoms with Crippen LogP contribution in [0.15, 0.2) is 60.8 Å². The highest BCUT2D eigenvalue weighted by molar-refractivity contribution is 6.10. The summed E-state index contributed by atoms with van der Waals surface area (Å²) in [6.07, 6.45) is 2.37. The molecule has 0 spiro atoms. The molecule has 4 rings (SSSR count). The van der Waals surface area contributed by atoms with Crippen molar-refractivity contribution >= 4 is 28.4 Å². The van der Waals surface area contributed by atoms with Crippen LogP contribution in [0.25, 0.3) is 10.9 Å². The number of anilines is 1. The fraction of sp³-hybridized carbons (Fsp3) is 0.125. The Balaban J connectivity index is 1.60. The number of aromatic nitrogens is 3. The van der Waals surface area contributed by atoms with E-state index in [4.69, 9.17) is 11.0 Å². The number of primary amides is 1. The van der Waals surface area contributed by atoms with Gasteiger partial charge in [-0.15, -0.1) is 0 Å². The molecule has 3 N–H and O–H groups in total. The zero-order valence-electron chi connectivity index (χ0n) is 17.4. The molecule has 2 aromatic heterocycles. The lowest BCUT2D eigenvalue weighted by molar-refractivity contribution is 0.100. The Morgan fingerprint density at radius 3 is 2.59 bits per heavy atom. The predicted octanol–water partition coefficient (Wildman–Crippen LogP) is 3.26. The number of nitriles is 1. The van der Waals surface area contributed by atoms with Crippen molar-refractivity contribution in [2.24, 2.45) is 5.73 Å². The average Bonchev–Trinajstić information content (AvgIpc) is 3.19. The summed E-state index contributed by atoms with van der Waals surface area (Å²) in [5, 5.41) is 16.9. The van der Waals surface area contributed by atoms with Crippen molar-refractivity contribution in [2.45, 2.75) is 19.9 Å². The third kappa shape index (κ3) is 4.18. The Kier molecular flexibility index (Phi) is 5.64. The highest BCUT2D eigenvalue weighted by Gasteiger charge is 2.17. The molecule has 0 aliphatic heterocycles. The van der Waals surface area contributed by atoms with Crippen LogP contribution < -0.4 is 11.1 Å². The van der Waals surface area contributed by atoms with E-state index in [1.165, 1.54) is 6.07 Å². The van der Waals surface area contributed by atoms with Gasteiger partial charge in [0, 0.05) is 11.6 Å². The number of benzene rings is 2. The SMILES string of the molecule is CCc1nn(Cc2ccc(C#N)cc2)cc1NC(=O)c1cc(C(N)=O)c2ccccc2n1. The van der Waals surface area contributed by atoms with E-state index in [1.807, 2.05) is 19.1 Å². The molecule has 0 radical (unpaired) electrons. The Labute approximate surface area is 184 Å². The number of nitrogens with zero attached hydrogens (tertiary/aromatic N) is 4. The smallest absolute Gasteiger partial charge is 0.274 e. The largest absolute Gasteiger partial charge is 0.366 e. The molecule has 4 aromatic rings. The van der Waals surface area contributed by atoms with Crippen LogP contribution in [0.1, 0.15) is 44.6 Å². The van der Waals surface area contributed by atoms with Crippen LogP contribution in [0.3, 0.4) is 0 Å². The molecular formula is C24H20N6O2. The van der Waals surface area contributed by atoms with Gasteiger partial charge in [-0.25, -0.2) is 4.98 Å². The van der Waals surface area contributed by atoms with E-state index < -0.39 is 11.8 Å². The summed E-state index contributed by atoms with van der Waals surface area (Å²) in [5.41, 5.74) is 9.24. The van der Waals surface area contributed by atoms with Crippen molar-refractivity contribution in [3.63, 3.8) is 0 Å². The number of amides is 2. The molecule has 0 aliphatic carbocycles. The fourth-order valence-electron chi connectivity index (χ4n) is 3.46. The number of nitrogens with two attached hydrogens (primary N) is 1. The van der Waals surface area contributed by atoms with E-state index in [2.05, 4.69) is 21.5 Å². The molecule has 2 amide bonds. The maximum Gasteiger partial charge on any atom is 0.274 e. The first kappa shape index (κ1) is 20.8. The normalized spacial score (nSPS) is 10.6. The van der Waals surface area contributed by atoms with E-state index in [1.54, 1.807) is 47.3 Å². The molecule has 8 heteroatoms. The first-order chi connectivity index (χ1) is 15.5. The molecule has 0 unspecified atom stereocenters. The molecule has 0 fully saturated rings.